The number of likely N-dealkylation sites (N-methyl/N-ethyl adjacent to an activating group) is 1. The van der Waals surface area contributed by atoms with E-state index in [9.17, 15) is 9.59 Å². The number of amides is 1. The third-order valence-electron chi connectivity index (χ3n) is 4.46. The number of ether oxygens (including phenoxy) is 2. The van der Waals surface area contributed by atoms with E-state index in [1.165, 1.54) is 0 Å². The van der Waals surface area contributed by atoms with E-state index in [2.05, 4.69) is 6.92 Å². The molecule has 1 unspecified atom stereocenters. The van der Waals surface area contributed by atoms with Crippen molar-refractivity contribution in [3.05, 3.63) is 29.8 Å². The van der Waals surface area contributed by atoms with Crippen molar-refractivity contribution in [2.45, 2.75) is 32.3 Å². The summed E-state index contributed by atoms with van der Waals surface area (Å²) in [6.45, 7) is 4.71. The Labute approximate surface area is 160 Å². The molecule has 1 aromatic carbocycles. The molecule has 7 heteroatoms. The van der Waals surface area contributed by atoms with Crippen molar-refractivity contribution in [2.24, 2.45) is 0 Å². The Kier molecular flexibility index (Phi) is 8.54. The van der Waals surface area contributed by atoms with Crippen molar-refractivity contribution in [3.63, 3.8) is 0 Å². The molecule has 1 aliphatic heterocycles. The van der Waals surface area contributed by atoms with E-state index in [0.29, 0.717) is 38.4 Å². The van der Waals surface area contributed by atoms with Gasteiger partial charge in [0.15, 0.2) is 0 Å². The Morgan fingerprint density at radius 1 is 1.30 bits per heavy atom. The number of nitrogens with zero attached hydrogens (tertiary/aromatic N) is 2. The lowest BCUT2D eigenvalue weighted by Crippen LogP contribution is -2.49. The van der Waals surface area contributed by atoms with E-state index in [-0.39, 0.29) is 18.6 Å². The highest BCUT2D eigenvalue weighted by molar-refractivity contribution is 5.94. The first-order valence-corrected chi connectivity index (χ1v) is 9.53. The van der Waals surface area contributed by atoms with Crippen molar-refractivity contribution in [1.82, 2.24) is 9.80 Å². The minimum absolute atomic E-state index is 0.0401. The number of hydrogen-bond acceptors (Lipinski definition) is 5. The third-order valence-corrected chi connectivity index (χ3v) is 4.46. The summed E-state index contributed by atoms with van der Waals surface area (Å²) in [7, 11) is 1.73. The van der Waals surface area contributed by atoms with Crippen LogP contribution >= 0.6 is 0 Å². The van der Waals surface area contributed by atoms with Gasteiger partial charge in [-0.05, 0) is 37.7 Å². The van der Waals surface area contributed by atoms with E-state index in [4.69, 9.17) is 14.6 Å². The highest BCUT2D eigenvalue weighted by atomic mass is 16.5. The maximum absolute atomic E-state index is 12.7. The highest BCUT2D eigenvalue weighted by Gasteiger charge is 2.26. The lowest BCUT2D eigenvalue weighted by molar-refractivity contribution is -0.138. The van der Waals surface area contributed by atoms with Crippen LogP contribution in [0.2, 0.25) is 0 Å². The van der Waals surface area contributed by atoms with Crippen molar-refractivity contribution in [1.29, 1.82) is 0 Å². The summed E-state index contributed by atoms with van der Waals surface area (Å²) in [5.74, 6) is -0.141. The fraction of sp³-hybridized carbons (Fsp3) is 0.600. The minimum atomic E-state index is -0.877. The number of benzene rings is 1. The molecule has 1 saturated heterocycles. The monoisotopic (exact) mass is 378 g/mol. The summed E-state index contributed by atoms with van der Waals surface area (Å²) >= 11 is 0. The van der Waals surface area contributed by atoms with Gasteiger partial charge in [0.2, 0.25) is 0 Å². The zero-order valence-electron chi connectivity index (χ0n) is 16.2. The molecule has 0 saturated carbocycles. The first kappa shape index (κ1) is 21.2. The van der Waals surface area contributed by atoms with Gasteiger partial charge in [-0.1, -0.05) is 19.8 Å². The molecule has 27 heavy (non-hydrogen) atoms. The Hall–Kier alpha value is -2.12. The van der Waals surface area contributed by atoms with Crippen LogP contribution in [-0.4, -0.2) is 79.3 Å². The summed E-state index contributed by atoms with van der Waals surface area (Å²) in [5.41, 5.74) is 0.621. The maximum atomic E-state index is 12.7. The van der Waals surface area contributed by atoms with Gasteiger partial charge in [-0.2, -0.15) is 0 Å². The zero-order valence-corrected chi connectivity index (χ0v) is 16.2. The topological polar surface area (TPSA) is 79.3 Å². The lowest BCUT2D eigenvalue weighted by Gasteiger charge is -2.34. The SMILES string of the molecule is CCCCCOc1ccc(C(=O)N2CCOC(CN(C)CC(=O)O)C2)cc1. The number of rotatable bonds is 10. The maximum Gasteiger partial charge on any atom is 0.317 e. The largest absolute Gasteiger partial charge is 0.494 e. The molecule has 1 fully saturated rings. The van der Waals surface area contributed by atoms with E-state index in [0.717, 1.165) is 25.0 Å². The number of aliphatic carboxylic acids is 1. The summed E-state index contributed by atoms with van der Waals surface area (Å²) in [6.07, 6.45) is 3.15. The number of morpholine rings is 1. The molecule has 0 spiro atoms. The highest BCUT2D eigenvalue weighted by Crippen LogP contribution is 2.16. The molecule has 0 bridgehead atoms. The van der Waals surface area contributed by atoms with Crippen molar-refractivity contribution in [3.8, 4) is 5.75 Å². The molecule has 1 N–H and O–H groups in total. The van der Waals surface area contributed by atoms with E-state index >= 15 is 0 Å². The molecule has 1 amide bonds. The van der Waals surface area contributed by atoms with Crippen molar-refractivity contribution >= 4 is 11.9 Å². The average Bonchev–Trinajstić information content (AvgIpc) is 2.64. The summed E-state index contributed by atoms with van der Waals surface area (Å²) < 4.78 is 11.4. The second kappa shape index (κ2) is 10.9. The molecule has 0 aliphatic carbocycles. The minimum Gasteiger partial charge on any atom is -0.494 e. The van der Waals surface area contributed by atoms with Gasteiger partial charge in [0.1, 0.15) is 5.75 Å². The van der Waals surface area contributed by atoms with Gasteiger partial charge in [-0.15, -0.1) is 0 Å². The normalized spacial score (nSPS) is 17.1. The molecular formula is C20H30N2O5. The fourth-order valence-electron chi connectivity index (χ4n) is 3.08. The predicted molar refractivity (Wildman–Crippen MR) is 102 cm³/mol. The molecule has 0 aromatic heterocycles. The third kappa shape index (κ3) is 7.19. The number of carbonyl (C=O) groups is 2. The van der Waals surface area contributed by atoms with E-state index < -0.39 is 5.97 Å². The number of carboxylic acids is 1. The summed E-state index contributed by atoms with van der Waals surface area (Å²) in [6, 6.07) is 7.24. The van der Waals surface area contributed by atoms with Crippen LogP contribution < -0.4 is 4.74 Å². The average molecular weight is 378 g/mol. The smallest absolute Gasteiger partial charge is 0.317 e. The molecule has 1 aliphatic rings. The second-order valence-corrected chi connectivity index (χ2v) is 6.91. The summed E-state index contributed by atoms with van der Waals surface area (Å²) in [5, 5.41) is 8.85. The fourth-order valence-corrected chi connectivity index (χ4v) is 3.08. The van der Waals surface area contributed by atoms with Crippen LogP contribution in [-0.2, 0) is 9.53 Å². The van der Waals surface area contributed by atoms with E-state index in [1.54, 1.807) is 29.0 Å². The first-order valence-electron chi connectivity index (χ1n) is 9.53. The second-order valence-electron chi connectivity index (χ2n) is 6.91. The molecule has 150 valence electrons. The van der Waals surface area contributed by atoms with Crippen LogP contribution in [0.15, 0.2) is 24.3 Å². The van der Waals surface area contributed by atoms with Crippen molar-refractivity contribution in [2.75, 3.05) is 46.4 Å². The van der Waals surface area contributed by atoms with Gasteiger partial charge in [0.25, 0.3) is 5.91 Å². The molecule has 0 radical (unpaired) electrons. The van der Waals surface area contributed by atoms with Crippen molar-refractivity contribution < 1.29 is 24.2 Å². The van der Waals surface area contributed by atoms with Crippen LogP contribution in [0.25, 0.3) is 0 Å². The Bertz CT molecular complexity index is 605. The van der Waals surface area contributed by atoms with E-state index in [1.807, 2.05) is 12.1 Å². The first-order chi connectivity index (χ1) is 13.0. The molecule has 1 heterocycles. The number of carbonyl (C=O) groups excluding carboxylic acids is 1. The van der Waals surface area contributed by atoms with Gasteiger partial charge in [-0.3, -0.25) is 14.5 Å². The number of unbranched alkanes of at least 4 members (excludes halogenated alkanes) is 2. The quantitative estimate of drug-likeness (QED) is 0.628. The van der Waals surface area contributed by atoms with Crippen LogP contribution in [0, 0.1) is 0 Å². The van der Waals surface area contributed by atoms with Crippen LogP contribution in [0.3, 0.4) is 0 Å². The Morgan fingerprint density at radius 2 is 2.04 bits per heavy atom. The van der Waals surface area contributed by atoms with Gasteiger partial charge in [-0.25, -0.2) is 0 Å². The van der Waals surface area contributed by atoms with Crippen LogP contribution in [0.4, 0.5) is 0 Å². The van der Waals surface area contributed by atoms with Gasteiger partial charge < -0.3 is 19.5 Å². The predicted octanol–water partition coefficient (Wildman–Crippen LogP) is 2.11. The Morgan fingerprint density at radius 3 is 2.70 bits per heavy atom. The molecule has 2 rings (SSSR count). The summed E-state index contributed by atoms with van der Waals surface area (Å²) in [4.78, 5) is 27.0. The lowest BCUT2D eigenvalue weighted by atomic mass is 10.1. The molecule has 7 nitrogen and oxygen atoms in total. The standard InChI is InChI=1S/C20H30N2O5/c1-3-4-5-11-26-17-8-6-16(7-9-17)20(25)22-10-12-27-18(14-22)13-21(2)15-19(23)24/h6-9,18H,3-5,10-15H2,1-2H3,(H,23,24). The number of carboxylic acid groups (broad SMARTS) is 1. The molecule has 1 aromatic rings. The van der Waals surface area contributed by atoms with Crippen LogP contribution in [0.5, 0.6) is 5.75 Å². The number of hydrogen-bond donors (Lipinski definition) is 1. The van der Waals surface area contributed by atoms with Gasteiger partial charge in [0.05, 0.1) is 25.9 Å². The molecular weight excluding hydrogens is 348 g/mol. The van der Waals surface area contributed by atoms with Crippen LogP contribution in [0.1, 0.15) is 36.5 Å². The Balaban J connectivity index is 1.85. The zero-order chi connectivity index (χ0) is 19.6. The van der Waals surface area contributed by atoms with Gasteiger partial charge >= 0.3 is 5.97 Å². The molecule has 1 atom stereocenters. The van der Waals surface area contributed by atoms with Gasteiger partial charge in [0, 0.05) is 25.2 Å².